The van der Waals surface area contributed by atoms with E-state index in [1.807, 2.05) is 37.3 Å². The first-order valence-corrected chi connectivity index (χ1v) is 5.71. The number of benzene rings is 1. The van der Waals surface area contributed by atoms with Crippen molar-refractivity contribution in [2.24, 2.45) is 11.7 Å². The third-order valence-corrected chi connectivity index (χ3v) is 2.75. The van der Waals surface area contributed by atoms with Crippen molar-refractivity contribution < 1.29 is 9.59 Å². The zero-order valence-electron chi connectivity index (χ0n) is 10.1. The Labute approximate surface area is 101 Å². The first kappa shape index (κ1) is 13.2. The van der Waals surface area contributed by atoms with Crippen LogP contribution in [0.25, 0.3) is 0 Å². The fourth-order valence-corrected chi connectivity index (χ4v) is 1.53. The molecule has 0 aliphatic rings. The van der Waals surface area contributed by atoms with Crippen LogP contribution in [-0.4, -0.2) is 11.8 Å². The van der Waals surface area contributed by atoms with E-state index in [0.29, 0.717) is 0 Å². The van der Waals surface area contributed by atoms with Gasteiger partial charge >= 0.3 is 0 Å². The molecular formula is C13H18N2O2. The molecule has 0 saturated carbocycles. The van der Waals surface area contributed by atoms with Crippen LogP contribution in [-0.2, 0) is 9.59 Å². The smallest absolute Gasteiger partial charge is 0.232 e. The Morgan fingerprint density at radius 1 is 1.29 bits per heavy atom. The van der Waals surface area contributed by atoms with E-state index >= 15 is 0 Å². The monoisotopic (exact) mass is 234 g/mol. The average molecular weight is 234 g/mol. The van der Waals surface area contributed by atoms with Gasteiger partial charge in [0, 0.05) is 0 Å². The van der Waals surface area contributed by atoms with E-state index in [2.05, 4.69) is 5.32 Å². The van der Waals surface area contributed by atoms with Crippen LogP contribution in [0.5, 0.6) is 0 Å². The summed E-state index contributed by atoms with van der Waals surface area (Å²) < 4.78 is 0. The predicted molar refractivity (Wildman–Crippen MR) is 66.0 cm³/mol. The highest BCUT2D eigenvalue weighted by Crippen LogP contribution is 2.16. The quantitative estimate of drug-likeness (QED) is 0.755. The fourth-order valence-electron chi connectivity index (χ4n) is 1.53. The van der Waals surface area contributed by atoms with Crippen molar-refractivity contribution in [1.82, 2.24) is 5.32 Å². The van der Waals surface area contributed by atoms with Gasteiger partial charge in [0.1, 0.15) is 5.92 Å². The number of hydrogen-bond acceptors (Lipinski definition) is 2. The van der Waals surface area contributed by atoms with Gasteiger partial charge in [0.25, 0.3) is 0 Å². The molecule has 17 heavy (non-hydrogen) atoms. The number of rotatable bonds is 5. The van der Waals surface area contributed by atoms with E-state index in [1.165, 1.54) is 6.92 Å². The zero-order chi connectivity index (χ0) is 12.8. The number of carbonyl (C=O) groups is 2. The molecule has 2 amide bonds. The van der Waals surface area contributed by atoms with Crippen LogP contribution in [0.1, 0.15) is 31.9 Å². The zero-order valence-corrected chi connectivity index (χ0v) is 10.1. The lowest BCUT2D eigenvalue weighted by atomic mass is 10.0. The van der Waals surface area contributed by atoms with Crippen LogP contribution in [0, 0.1) is 5.92 Å². The highest BCUT2D eigenvalue weighted by molar-refractivity contribution is 5.99. The van der Waals surface area contributed by atoms with Crippen molar-refractivity contribution in [3.8, 4) is 0 Å². The standard InChI is InChI=1S/C13H18N2O2/c1-3-11(10-7-5-4-6-8-10)15-13(17)9(2)12(14)16/h4-9,11H,3H2,1-2H3,(H2,14,16)(H,15,17). The molecular weight excluding hydrogens is 216 g/mol. The van der Waals surface area contributed by atoms with E-state index in [9.17, 15) is 9.59 Å². The molecule has 0 aromatic heterocycles. The van der Waals surface area contributed by atoms with E-state index in [4.69, 9.17) is 5.73 Å². The summed E-state index contributed by atoms with van der Waals surface area (Å²) in [5.74, 6) is -1.73. The highest BCUT2D eigenvalue weighted by atomic mass is 16.2. The minimum atomic E-state index is -0.798. The number of carbonyl (C=O) groups excluding carboxylic acids is 2. The molecule has 3 N–H and O–H groups in total. The Morgan fingerprint density at radius 3 is 2.35 bits per heavy atom. The molecule has 4 nitrogen and oxygen atoms in total. The van der Waals surface area contributed by atoms with Crippen molar-refractivity contribution in [3.05, 3.63) is 35.9 Å². The van der Waals surface area contributed by atoms with Crippen molar-refractivity contribution >= 4 is 11.8 Å². The topological polar surface area (TPSA) is 72.2 Å². The molecule has 0 heterocycles. The summed E-state index contributed by atoms with van der Waals surface area (Å²) >= 11 is 0. The van der Waals surface area contributed by atoms with Crippen molar-refractivity contribution in [2.75, 3.05) is 0 Å². The van der Waals surface area contributed by atoms with Crippen LogP contribution in [0.15, 0.2) is 30.3 Å². The summed E-state index contributed by atoms with van der Waals surface area (Å²) in [4.78, 5) is 22.6. The van der Waals surface area contributed by atoms with Crippen LogP contribution in [0.3, 0.4) is 0 Å². The van der Waals surface area contributed by atoms with Gasteiger partial charge in [-0.25, -0.2) is 0 Å². The second-order valence-corrected chi connectivity index (χ2v) is 4.00. The Hall–Kier alpha value is -1.84. The van der Waals surface area contributed by atoms with Gasteiger partial charge in [-0.3, -0.25) is 9.59 Å². The molecule has 0 bridgehead atoms. The fraction of sp³-hybridized carbons (Fsp3) is 0.385. The molecule has 1 aromatic carbocycles. The number of nitrogens with one attached hydrogen (secondary N) is 1. The van der Waals surface area contributed by atoms with Gasteiger partial charge < -0.3 is 11.1 Å². The Balaban J connectivity index is 2.71. The van der Waals surface area contributed by atoms with Gasteiger partial charge in [0.05, 0.1) is 6.04 Å². The maximum Gasteiger partial charge on any atom is 0.232 e. The maximum absolute atomic E-state index is 11.7. The maximum atomic E-state index is 11.7. The lowest BCUT2D eigenvalue weighted by molar-refractivity contribution is -0.133. The molecule has 1 aromatic rings. The van der Waals surface area contributed by atoms with Crippen LogP contribution >= 0.6 is 0 Å². The van der Waals surface area contributed by atoms with Crippen molar-refractivity contribution in [3.63, 3.8) is 0 Å². The van der Waals surface area contributed by atoms with E-state index in [1.54, 1.807) is 0 Å². The second-order valence-electron chi connectivity index (χ2n) is 4.00. The lowest BCUT2D eigenvalue weighted by Crippen LogP contribution is -2.38. The Kier molecular flexibility index (Phi) is 4.69. The summed E-state index contributed by atoms with van der Waals surface area (Å²) in [6.45, 7) is 3.49. The van der Waals surface area contributed by atoms with Gasteiger partial charge in [0.15, 0.2) is 0 Å². The normalized spacial score (nSPS) is 13.8. The number of primary amides is 1. The molecule has 0 radical (unpaired) electrons. The first-order valence-electron chi connectivity index (χ1n) is 5.71. The molecule has 92 valence electrons. The third kappa shape index (κ3) is 3.59. The van der Waals surface area contributed by atoms with Crippen LogP contribution < -0.4 is 11.1 Å². The number of amides is 2. The molecule has 0 aliphatic heterocycles. The summed E-state index contributed by atoms with van der Waals surface area (Å²) in [7, 11) is 0. The molecule has 2 unspecified atom stereocenters. The molecule has 0 saturated heterocycles. The minimum absolute atomic E-state index is 0.0782. The van der Waals surface area contributed by atoms with Crippen LogP contribution in [0.4, 0.5) is 0 Å². The highest BCUT2D eigenvalue weighted by Gasteiger charge is 2.21. The molecule has 2 atom stereocenters. The van der Waals surface area contributed by atoms with Crippen molar-refractivity contribution in [2.45, 2.75) is 26.3 Å². The molecule has 1 rings (SSSR count). The van der Waals surface area contributed by atoms with Gasteiger partial charge in [-0.1, -0.05) is 37.3 Å². The van der Waals surface area contributed by atoms with Gasteiger partial charge in [-0.15, -0.1) is 0 Å². The van der Waals surface area contributed by atoms with Crippen molar-refractivity contribution in [1.29, 1.82) is 0 Å². The molecule has 0 fully saturated rings. The molecule has 0 spiro atoms. The third-order valence-electron chi connectivity index (χ3n) is 2.75. The number of nitrogens with two attached hydrogens (primary N) is 1. The summed E-state index contributed by atoms with van der Waals surface area (Å²) in [5.41, 5.74) is 6.12. The predicted octanol–water partition coefficient (Wildman–Crippen LogP) is 1.38. The van der Waals surface area contributed by atoms with Gasteiger partial charge in [0.2, 0.25) is 11.8 Å². The van der Waals surface area contributed by atoms with Gasteiger partial charge in [-0.2, -0.15) is 0 Å². The largest absolute Gasteiger partial charge is 0.369 e. The molecule has 0 aliphatic carbocycles. The van der Waals surface area contributed by atoms with Crippen LogP contribution in [0.2, 0.25) is 0 Å². The van der Waals surface area contributed by atoms with E-state index < -0.39 is 11.8 Å². The SMILES string of the molecule is CCC(NC(=O)C(C)C(N)=O)c1ccccc1. The summed E-state index contributed by atoms with van der Waals surface area (Å²) in [6, 6.07) is 9.57. The lowest BCUT2D eigenvalue weighted by Gasteiger charge is -2.19. The number of hydrogen-bond donors (Lipinski definition) is 2. The minimum Gasteiger partial charge on any atom is -0.369 e. The summed E-state index contributed by atoms with van der Waals surface area (Å²) in [5, 5.41) is 2.82. The summed E-state index contributed by atoms with van der Waals surface area (Å²) in [6.07, 6.45) is 0.765. The average Bonchev–Trinajstić information content (AvgIpc) is 2.35. The van der Waals surface area contributed by atoms with E-state index in [0.717, 1.165) is 12.0 Å². The molecule has 4 heteroatoms. The van der Waals surface area contributed by atoms with E-state index in [-0.39, 0.29) is 11.9 Å². The second kappa shape index (κ2) is 6.03. The Morgan fingerprint density at radius 2 is 1.88 bits per heavy atom. The van der Waals surface area contributed by atoms with Gasteiger partial charge in [-0.05, 0) is 18.9 Å². The Bertz CT molecular complexity index is 390. The first-order chi connectivity index (χ1) is 8.06.